The van der Waals surface area contributed by atoms with E-state index in [1.807, 2.05) is 26.0 Å². The summed E-state index contributed by atoms with van der Waals surface area (Å²) in [5, 5.41) is 0.577. The molecule has 0 aromatic heterocycles. The Bertz CT molecular complexity index is 484. The molecule has 1 atom stereocenters. The van der Waals surface area contributed by atoms with Crippen molar-refractivity contribution in [1.82, 2.24) is 0 Å². The summed E-state index contributed by atoms with van der Waals surface area (Å²) < 4.78 is 5.52. The van der Waals surface area contributed by atoms with Gasteiger partial charge in [0.15, 0.2) is 0 Å². The lowest BCUT2D eigenvalue weighted by molar-refractivity contribution is 0.409. The van der Waals surface area contributed by atoms with Gasteiger partial charge in [0.25, 0.3) is 6.49 Å². The maximum Gasteiger partial charge on any atom is 0.267 e. The van der Waals surface area contributed by atoms with Gasteiger partial charge in [-0.3, -0.25) is 0 Å². The van der Waals surface area contributed by atoms with E-state index >= 15 is 0 Å². The number of hydrogen-bond donors (Lipinski definition) is 1. The van der Waals surface area contributed by atoms with E-state index in [1.165, 1.54) is 0 Å². The summed E-state index contributed by atoms with van der Waals surface area (Å²) in [5.41, 5.74) is 1.63. The average molecular weight is 268 g/mol. The first-order chi connectivity index (χ1) is 7.94. The number of rotatable bonds is 3. The van der Waals surface area contributed by atoms with E-state index in [0.29, 0.717) is 11.1 Å². The summed E-state index contributed by atoms with van der Waals surface area (Å²) in [5.74, 6) is 0.615. The molecule has 1 aliphatic rings. The zero-order valence-electron chi connectivity index (χ0n) is 10.1. The first kappa shape index (κ1) is 14.2. The first-order valence-corrected chi connectivity index (χ1v) is 8.04. The van der Waals surface area contributed by atoms with Crippen molar-refractivity contribution in [3.05, 3.63) is 59.7 Å². The molecular weight excluding hydrogens is 251 g/mol. The maximum absolute atomic E-state index is 10.2. The van der Waals surface area contributed by atoms with Gasteiger partial charge >= 0.3 is 0 Å². The van der Waals surface area contributed by atoms with E-state index in [-0.39, 0.29) is 0 Å². The van der Waals surface area contributed by atoms with Gasteiger partial charge in [-0.15, -0.1) is 0 Å². The largest absolute Gasteiger partial charge is 0.440 e. The Balaban J connectivity index is 3.28. The van der Waals surface area contributed by atoms with Gasteiger partial charge in [-0.1, -0.05) is 32.2 Å². The Hall–Kier alpha value is -0.890. The maximum atomic E-state index is 10.2. The molecular formula is C13H17O2PS. The monoisotopic (exact) mass is 268 g/mol. The molecule has 92 valence electrons. The van der Waals surface area contributed by atoms with Crippen molar-refractivity contribution in [3.63, 3.8) is 0 Å². The smallest absolute Gasteiger partial charge is 0.267 e. The van der Waals surface area contributed by atoms with Crippen LogP contribution < -0.4 is 0 Å². The van der Waals surface area contributed by atoms with Crippen molar-refractivity contribution in [2.24, 2.45) is 0 Å². The van der Waals surface area contributed by atoms with Gasteiger partial charge in [-0.2, -0.15) is 0 Å². The highest BCUT2D eigenvalue weighted by molar-refractivity contribution is 8.11. The van der Waals surface area contributed by atoms with Crippen LogP contribution in [0.1, 0.15) is 20.3 Å². The summed E-state index contributed by atoms with van der Waals surface area (Å²) in [4.78, 5) is 10.2. The van der Waals surface area contributed by atoms with E-state index in [1.54, 1.807) is 12.2 Å². The fourth-order valence-electron chi connectivity index (χ4n) is 1.45. The van der Waals surface area contributed by atoms with Crippen LogP contribution in [0.5, 0.6) is 0 Å². The Morgan fingerprint density at radius 1 is 1.53 bits per heavy atom. The lowest BCUT2D eigenvalue weighted by Crippen LogP contribution is -2.05. The van der Waals surface area contributed by atoms with Crippen LogP contribution in [0.2, 0.25) is 0 Å². The van der Waals surface area contributed by atoms with Crippen LogP contribution in [0.15, 0.2) is 59.7 Å². The third kappa shape index (κ3) is 3.06. The SMILES string of the molecule is C=CC=C1C(=C)C(C)=C(C=CCC)OP1(O)=S. The molecule has 0 spiro atoms. The molecule has 4 heteroatoms. The number of allylic oxidation sites excluding steroid dienone is 7. The quantitative estimate of drug-likeness (QED) is 0.778. The van der Waals surface area contributed by atoms with E-state index in [9.17, 15) is 4.89 Å². The van der Waals surface area contributed by atoms with Gasteiger partial charge in [0.1, 0.15) is 5.76 Å². The van der Waals surface area contributed by atoms with E-state index in [4.69, 9.17) is 16.3 Å². The molecule has 0 amide bonds. The normalized spacial score (nSPS) is 27.7. The van der Waals surface area contributed by atoms with Crippen LogP contribution in [0.3, 0.4) is 0 Å². The van der Waals surface area contributed by atoms with E-state index < -0.39 is 6.49 Å². The van der Waals surface area contributed by atoms with Crippen molar-refractivity contribution in [1.29, 1.82) is 0 Å². The highest BCUT2D eigenvalue weighted by Crippen LogP contribution is 2.60. The van der Waals surface area contributed by atoms with Gasteiger partial charge in [0, 0.05) is 0 Å². The summed E-state index contributed by atoms with van der Waals surface area (Å²) in [6.45, 7) is 8.52. The molecule has 0 aromatic rings. The van der Waals surface area contributed by atoms with Gasteiger partial charge in [0.05, 0.1) is 5.31 Å². The summed E-state index contributed by atoms with van der Waals surface area (Å²) in [7, 11) is 0. The molecule has 2 nitrogen and oxygen atoms in total. The van der Waals surface area contributed by atoms with Gasteiger partial charge in [0.2, 0.25) is 0 Å². The van der Waals surface area contributed by atoms with Crippen LogP contribution in [0.4, 0.5) is 0 Å². The molecule has 0 saturated heterocycles. The predicted octanol–water partition coefficient (Wildman–Crippen LogP) is 4.18. The van der Waals surface area contributed by atoms with E-state index in [0.717, 1.165) is 17.6 Å². The third-order valence-corrected chi connectivity index (χ3v) is 4.72. The molecule has 1 rings (SSSR count). The first-order valence-electron chi connectivity index (χ1n) is 5.36. The van der Waals surface area contributed by atoms with Crippen LogP contribution in [-0.4, -0.2) is 4.89 Å². The Morgan fingerprint density at radius 2 is 2.18 bits per heavy atom. The van der Waals surface area contributed by atoms with Crippen molar-refractivity contribution in [2.45, 2.75) is 20.3 Å². The summed E-state index contributed by atoms with van der Waals surface area (Å²) in [6.07, 6.45) is 7.95. The second-order valence-electron chi connectivity index (χ2n) is 3.68. The van der Waals surface area contributed by atoms with Crippen LogP contribution in [0.25, 0.3) is 0 Å². The molecule has 1 unspecified atom stereocenters. The lowest BCUT2D eigenvalue weighted by Gasteiger charge is -2.28. The molecule has 0 radical (unpaired) electrons. The van der Waals surface area contributed by atoms with Crippen LogP contribution in [-0.2, 0) is 16.3 Å². The minimum Gasteiger partial charge on any atom is -0.440 e. The van der Waals surface area contributed by atoms with Crippen molar-refractivity contribution >= 4 is 18.3 Å². The zero-order valence-corrected chi connectivity index (χ0v) is 11.9. The minimum absolute atomic E-state index is 0.577. The highest BCUT2D eigenvalue weighted by Gasteiger charge is 2.31. The van der Waals surface area contributed by atoms with Gasteiger partial charge < -0.3 is 9.42 Å². The minimum atomic E-state index is -2.99. The standard InChI is InChI=1S/C13H17O2PS/c1-5-7-9-12-10(3)11(4)13(8-6-2)16(14,17)15-12/h6-9H,2,4-5H2,1,3H3,(H,14,17). The zero-order chi connectivity index (χ0) is 13.1. The Kier molecular flexibility index (Phi) is 4.70. The van der Waals surface area contributed by atoms with Crippen molar-refractivity contribution < 1.29 is 9.42 Å². The van der Waals surface area contributed by atoms with Gasteiger partial charge in [-0.25, -0.2) is 0 Å². The molecule has 0 saturated carbocycles. The summed E-state index contributed by atoms with van der Waals surface area (Å²) >= 11 is 5.14. The van der Waals surface area contributed by atoms with Crippen molar-refractivity contribution in [2.75, 3.05) is 0 Å². The summed E-state index contributed by atoms with van der Waals surface area (Å²) in [6, 6.07) is 0. The second kappa shape index (κ2) is 5.63. The fourth-order valence-corrected chi connectivity index (χ4v) is 3.57. The molecule has 0 bridgehead atoms. The topological polar surface area (TPSA) is 29.5 Å². The molecule has 17 heavy (non-hydrogen) atoms. The average Bonchev–Trinajstić information content (AvgIpc) is 2.27. The third-order valence-electron chi connectivity index (χ3n) is 2.44. The fraction of sp³-hybridized carbons (Fsp3) is 0.231. The molecule has 1 N–H and O–H groups in total. The molecule has 0 aliphatic carbocycles. The molecule has 0 aromatic carbocycles. The number of hydrogen-bond acceptors (Lipinski definition) is 2. The second-order valence-corrected chi connectivity index (χ2v) is 6.87. The highest BCUT2D eigenvalue weighted by atomic mass is 32.5. The molecule has 1 heterocycles. The Morgan fingerprint density at radius 3 is 2.71 bits per heavy atom. The molecule has 1 aliphatic heterocycles. The predicted molar refractivity (Wildman–Crippen MR) is 77.1 cm³/mol. The van der Waals surface area contributed by atoms with Crippen LogP contribution in [0, 0.1) is 0 Å². The van der Waals surface area contributed by atoms with Gasteiger partial charge in [-0.05, 0) is 48.4 Å². The molecule has 0 fully saturated rings. The Labute approximate surface area is 108 Å². The van der Waals surface area contributed by atoms with E-state index in [2.05, 4.69) is 13.2 Å². The van der Waals surface area contributed by atoms with Crippen LogP contribution >= 0.6 is 6.49 Å². The van der Waals surface area contributed by atoms with Crippen molar-refractivity contribution in [3.8, 4) is 0 Å². The lowest BCUT2D eigenvalue weighted by atomic mass is 10.1.